The Hall–Kier alpha value is -2.98. The number of rotatable bonds is 4. The van der Waals surface area contributed by atoms with Crippen molar-refractivity contribution in [3.63, 3.8) is 0 Å². The molecule has 0 fully saturated rings. The van der Waals surface area contributed by atoms with E-state index in [4.69, 9.17) is 4.52 Å². The first-order valence-corrected chi connectivity index (χ1v) is 7.71. The van der Waals surface area contributed by atoms with Gasteiger partial charge in [0.25, 0.3) is 5.56 Å². The summed E-state index contributed by atoms with van der Waals surface area (Å²) in [5, 5.41) is 3.62. The van der Waals surface area contributed by atoms with E-state index in [0.29, 0.717) is 18.3 Å². The molecule has 0 aromatic carbocycles. The number of pyridine rings is 1. The number of halogens is 3. The number of aryl methyl sites for hydroxylation is 2. The highest BCUT2D eigenvalue weighted by atomic mass is 19.4. The smallest absolute Gasteiger partial charge is 0.337 e. The lowest BCUT2D eigenvalue weighted by Gasteiger charge is -2.11. The second-order valence-corrected chi connectivity index (χ2v) is 5.65. The van der Waals surface area contributed by atoms with Crippen LogP contribution in [0.1, 0.15) is 30.8 Å². The van der Waals surface area contributed by atoms with Crippen LogP contribution < -0.4 is 11.2 Å². The van der Waals surface area contributed by atoms with E-state index < -0.39 is 23.1 Å². The molecule has 0 amide bonds. The molecule has 0 radical (unpaired) electrons. The molecule has 0 spiro atoms. The van der Waals surface area contributed by atoms with Crippen molar-refractivity contribution < 1.29 is 17.7 Å². The normalized spacial score (nSPS) is 12.0. The second-order valence-electron chi connectivity index (χ2n) is 5.65. The van der Waals surface area contributed by atoms with Crippen molar-refractivity contribution in [1.29, 1.82) is 0 Å². The minimum absolute atomic E-state index is 0.0619. The molecule has 3 aromatic heterocycles. The number of nitrogens with zero attached hydrogens (tertiary/aromatic N) is 5. The summed E-state index contributed by atoms with van der Waals surface area (Å²) in [5.74, 6) is 0.511. The average Bonchev–Trinajstić information content (AvgIpc) is 3.03. The quantitative estimate of drug-likeness (QED) is 0.692. The third-order valence-electron chi connectivity index (χ3n) is 3.75. The molecule has 0 bridgehead atoms. The van der Waals surface area contributed by atoms with Gasteiger partial charge in [-0.25, -0.2) is 9.78 Å². The second kappa shape index (κ2) is 6.39. The van der Waals surface area contributed by atoms with Crippen LogP contribution in [0.5, 0.6) is 0 Å². The summed E-state index contributed by atoms with van der Waals surface area (Å²) < 4.78 is 45.2. The lowest BCUT2D eigenvalue weighted by molar-refractivity contribution is -0.141. The van der Waals surface area contributed by atoms with Crippen molar-refractivity contribution in [2.75, 3.05) is 0 Å². The molecule has 3 rings (SSSR count). The average molecular weight is 369 g/mol. The summed E-state index contributed by atoms with van der Waals surface area (Å²) in [7, 11) is 1.24. The van der Waals surface area contributed by atoms with Gasteiger partial charge in [-0.05, 0) is 18.6 Å². The highest BCUT2D eigenvalue weighted by molar-refractivity contribution is 5.74. The van der Waals surface area contributed by atoms with Crippen LogP contribution in [-0.4, -0.2) is 24.3 Å². The zero-order valence-electron chi connectivity index (χ0n) is 13.9. The molecule has 0 saturated heterocycles. The monoisotopic (exact) mass is 369 g/mol. The van der Waals surface area contributed by atoms with Gasteiger partial charge in [0.1, 0.15) is 17.9 Å². The molecule has 0 aliphatic carbocycles. The summed E-state index contributed by atoms with van der Waals surface area (Å²) in [6.07, 6.45) is -3.30. The molecule has 0 saturated carbocycles. The van der Waals surface area contributed by atoms with Gasteiger partial charge in [0.2, 0.25) is 5.89 Å². The molecular weight excluding hydrogens is 355 g/mol. The lowest BCUT2D eigenvalue weighted by atomic mass is 10.2. The predicted molar refractivity (Wildman–Crippen MR) is 83.6 cm³/mol. The Morgan fingerprint density at radius 1 is 1.19 bits per heavy atom. The van der Waals surface area contributed by atoms with Gasteiger partial charge < -0.3 is 4.52 Å². The Kier molecular flexibility index (Phi) is 4.38. The number of hydrogen-bond donors (Lipinski definition) is 0. The van der Waals surface area contributed by atoms with Crippen LogP contribution in [0.3, 0.4) is 0 Å². The van der Waals surface area contributed by atoms with Crippen molar-refractivity contribution in [2.45, 2.75) is 32.5 Å². The highest BCUT2D eigenvalue weighted by Gasteiger charge is 2.33. The minimum Gasteiger partial charge on any atom is -0.337 e. The first kappa shape index (κ1) is 17.8. The summed E-state index contributed by atoms with van der Waals surface area (Å²) in [5.41, 5.74) is -3.13. The number of alkyl halides is 3. The Bertz CT molecular complexity index is 1080. The van der Waals surface area contributed by atoms with Gasteiger partial charge in [0.15, 0.2) is 5.82 Å². The van der Waals surface area contributed by atoms with E-state index in [1.54, 1.807) is 0 Å². The molecule has 0 N–H and O–H groups in total. The topological polar surface area (TPSA) is 95.8 Å². The summed E-state index contributed by atoms with van der Waals surface area (Å²) in [6, 6.07) is 1.70. The van der Waals surface area contributed by atoms with E-state index in [2.05, 4.69) is 15.1 Å². The molecule has 3 heterocycles. The van der Waals surface area contributed by atoms with Gasteiger partial charge in [0.05, 0.1) is 5.39 Å². The fourth-order valence-electron chi connectivity index (χ4n) is 2.49. The Morgan fingerprint density at radius 2 is 1.92 bits per heavy atom. The van der Waals surface area contributed by atoms with Crippen molar-refractivity contribution in [3.8, 4) is 0 Å². The summed E-state index contributed by atoms with van der Waals surface area (Å²) in [4.78, 5) is 32.5. The van der Waals surface area contributed by atoms with E-state index in [0.717, 1.165) is 21.6 Å². The fraction of sp³-hybridized carbons (Fsp3) is 0.400. The Morgan fingerprint density at radius 3 is 2.58 bits per heavy atom. The summed E-state index contributed by atoms with van der Waals surface area (Å²) in [6.45, 7) is 1.65. The molecule has 8 nitrogen and oxygen atoms in total. The zero-order chi connectivity index (χ0) is 19.1. The molecule has 26 heavy (non-hydrogen) atoms. The van der Waals surface area contributed by atoms with Crippen LogP contribution in [0.25, 0.3) is 11.0 Å². The first-order chi connectivity index (χ1) is 12.2. The van der Waals surface area contributed by atoms with Crippen molar-refractivity contribution >= 4 is 11.0 Å². The maximum atomic E-state index is 12.8. The third-order valence-corrected chi connectivity index (χ3v) is 3.75. The van der Waals surface area contributed by atoms with Crippen LogP contribution in [0.15, 0.2) is 26.2 Å². The first-order valence-electron chi connectivity index (χ1n) is 7.71. The lowest BCUT2D eigenvalue weighted by Crippen LogP contribution is -2.39. The number of aromatic nitrogens is 5. The number of fused-ring (bicyclic) bond motifs is 1. The zero-order valence-corrected chi connectivity index (χ0v) is 13.9. The molecule has 11 heteroatoms. The van der Waals surface area contributed by atoms with Gasteiger partial charge >= 0.3 is 11.9 Å². The van der Waals surface area contributed by atoms with Crippen LogP contribution in [0.4, 0.5) is 13.2 Å². The maximum Gasteiger partial charge on any atom is 0.433 e. The van der Waals surface area contributed by atoms with Gasteiger partial charge in [-0.3, -0.25) is 13.9 Å². The van der Waals surface area contributed by atoms with Crippen molar-refractivity contribution in [1.82, 2.24) is 24.3 Å². The SMILES string of the molecule is CCCc1noc(Cn2c(=O)c3ccc(C(F)(F)F)nc3n(C)c2=O)n1. The highest BCUT2D eigenvalue weighted by Crippen LogP contribution is 2.28. The molecule has 0 atom stereocenters. The van der Waals surface area contributed by atoms with Crippen molar-refractivity contribution in [3.05, 3.63) is 50.4 Å². The van der Waals surface area contributed by atoms with Gasteiger partial charge in [-0.15, -0.1) is 0 Å². The van der Waals surface area contributed by atoms with Gasteiger partial charge in [0, 0.05) is 13.5 Å². The number of hydrogen-bond acceptors (Lipinski definition) is 6. The Labute approximate surface area is 143 Å². The van der Waals surface area contributed by atoms with Crippen LogP contribution >= 0.6 is 0 Å². The third kappa shape index (κ3) is 3.11. The van der Waals surface area contributed by atoms with Gasteiger partial charge in [-0.1, -0.05) is 12.1 Å². The molecule has 3 aromatic rings. The van der Waals surface area contributed by atoms with Crippen molar-refractivity contribution in [2.24, 2.45) is 7.05 Å². The minimum atomic E-state index is -4.68. The van der Waals surface area contributed by atoms with E-state index in [9.17, 15) is 22.8 Å². The van der Waals surface area contributed by atoms with E-state index in [1.807, 2.05) is 6.92 Å². The van der Waals surface area contributed by atoms with E-state index in [1.165, 1.54) is 7.05 Å². The molecule has 0 aliphatic heterocycles. The molecule has 138 valence electrons. The van der Waals surface area contributed by atoms with E-state index in [-0.39, 0.29) is 23.5 Å². The standard InChI is InChI=1S/C15H14F3N5O3/c1-3-4-10-20-11(26-21-10)7-23-13(24)8-5-6-9(15(16,17)18)19-12(8)22(2)14(23)25/h5-6H,3-4,7H2,1-2H3. The molecular formula is C15H14F3N5O3. The Balaban J connectivity index is 2.12. The largest absolute Gasteiger partial charge is 0.433 e. The van der Waals surface area contributed by atoms with Crippen LogP contribution in [0, 0.1) is 0 Å². The molecule has 0 aliphatic rings. The van der Waals surface area contributed by atoms with Gasteiger partial charge in [-0.2, -0.15) is 18.2 Å². The summed E-state index contributed by atoms with van der Waals surface area (Å²) >= 11 is 0. The van der Waals surface area contributed by atoms with Crippen LogP contribution in [0.2, 0.25) is 0 Å². The van der Waals surface area contributed by atoms with Crippen LogP contribution in [-0.2, 0) is 26.2 Å². The predicted octanol–water partition coefficient (Wildman–Crippen LogP) is 1.50. The van der Waals surface area contributed by atoms with E-state index >= 15 is 0 Å². The molecule has 0 unspecified atom stereocenters. The fourth-order valence-corrected chi connectivity index (χ4v) is 2.49. The maximum absolute atomic E-state index is 12.8.